The average molecular weight is 422 g/mol. The van der Waals surface area contributed by atoms with E-state index in [0.717, 1.165) is 0 Å². The van der Waals surface area contributed by atoms with E-state index in [-0.39, 0.29) is 38.3 Å². The molecule has 13 heteroatoms. The summed E-state index contributed by atoms with van der Waals surface area (Å²) in [6.45, 7) is 0.861. The Hall–Kier alpha value is -2.73. The maximum Gasteiger partial charge on any atom is 0.222 e. The second-order valence-electron chi connectivity index (χ2n) is 6.35. The van der Waals surface area contributed by atoms with Gasteiger partial charge in [-0.2, -0.15) is 5.26 Å². The average Bonchev–Trinajstić information content (AvgIpc) is 3.28. The molecule has 0 spiro atoms. The van der Waals surface area contributed by atoms with E-state index in [0.29, 0.717) is 11.2 Å². The van der Waals surface area contributed by atoms with Crippen molar-refractivity contribution in [3.63, 3.8) is 0 Å². The van der Waals surface area contributed by atoms with E-state index in [2.05, 4.69) is 20.3 Å². The highest BCUT2D eigenvalue weighted by Gasteiger charge is 2.46. The molecule has 1 fully saturated rings. The molecule has 1 saturated heterocycles. The number of nitrogens with one attached hydrogen (secondary N) is 1. The molecule has 1 aliphatic heterocycles. The third-order valence-corrected chi connectivity index (χ3v) is 4.29. The van der Waals surface area contributed by atoms with E-state index < -0.39 is 31.1 Å². The summed E-state index contributed by atoms with van der Waals surface area (Å²) in [5, 5.41) is 31.0. The van der Waals surface area contributed by atoms with Crippen LogP contribution in [0.15, 0.2) is 12.7 Å². The first-order valence-corrected chi connectivity index (χ1v) is 9.10. The van der Waals surface area contributed by atoms with Gasteiger partial charge in [0, 0.05) is 6.92 Å². The number of nitriles is 1. The zero-order valence-corrected chi connectivity index (χ0v) is 16.2. The molecule has 3 heterocycles. The predicted octanol–water partition coefficient (Wildman–Crippen LogP) is -0.718. The fourth-order valence-electron chi connectivity index (χ4n) is 2.97. The molecule has 1 aliphatic rings. The summed E-state index contributed by atoms with van der Waals surface area (Å²) in [6, 6.07) is 1.94. The van der Waals surface area contributed by atoms with Gasteiger partial charge in [0.1, 0.15) is 38.2 Å². The topological polar surface area (TPSA) is 174 Å². The van der Waals surface area contributed by atoms with E-state index >= 15 is 0 Å². The Morgan fingerprint density at radius 1 is 1.37 bits per heavy atom. The largest absolute Gasteiger partial charge is 0.394 e. The maximum absolute atomic E-state index is 11.4. The van der Waals surface area contributed by atoms with Gasteiger partial charge in [-0.15, -0.1) is 0 Å². The van der Waals surface area contributed by atoms with Crippen molar-refractivity contribution < 1.29 is 34.0 Å². The molecule has 2 aromatic rings. The van der Waals surface area contributed by atoms with Crippen molar-refractivity contribution in [2.75, 3.05) is 32.1 Å². The van der Waals surface area contributed by atoms with Crippen LogP contribution in [0.4, 0.5) is 5.82 Å². The number of rotatable bonds is 10. The molecule has 3 N–H and O–H groups in total. The van der Waals surface area contributed by atoms with Crippen LogP contribution in [0.3, 0.4) is 0 Å². The van der Waals surface area contributed by atoms with Gasteiger partial charge >= 0.3 is 0 Å². The Kier molecular flexibility index (Phi) is 7.57. The lowest BCUT2D eigenvalue weighted by Crippen LogP contribution is -2.36. The molecule has 1 amide bonds. The number of aliphatic hydroxyl groups excluding tert-OH is 2. The van der Waals surface area contributed by atoms with Crippen LogP contribution in [0.5, 0.6) is 0 Å². The smallest absolute Gasteiger partial charge is 0.222 e. The SMILES string of the molecule is CC(=O)Nc1ncnc2c1ncn2[C@@H]1O[C@H](CO)[C@H](O)[C@@H]1OCOCOCCC#N. The van der Waals surface area contributed by atoms with E-state index in [1.165, 1.54) is 24.1 Å². The lowest BCUT2D eigenvalue weighted by atomic mass is 10.1. The first-order valence-electron chi connectivity index (χ1n) is 9.10. The Morgan fingerprint density at radius 2 is 2.20 bits per heavy atom. The standard InChI is InChI=1S/C17H22N6O7/c1-10(25)22-15-12-16(20-6-19-15)23(7-21-12)17-14(13(26)11(5-24)30-17)29-9-28-8-27-4-2-3-18/h6-7,11,13-14,17,24,26H,2,4-5,8-9H2,1H3,(H,19,20,22,25)/t11-,13+,14+,17-/m1/s1. The Bertz CT molecular complexity index is 900. The molecule has 162 valence electrons. The van der Waals surface area contributed by atoms with Gasteiger partial charge in [0.05, 0.1) is 32.0 Å². The number of ether oxygens (including phenoxy) is 4. The minimum Gasteiger partial charge on any atom is -0.394 e. The molecule has 30 heavy (non-hydrogen) atoms. The van der Waals surface area contributed by atoms with Crippen LogP contribution >= 0.6 is 0 Å². The van der Waals surface area contributed by atoms with Gasteiger partial charge in [-0.05, 0) is 0 Å². The number of imidazole rings is 1. The molecule has 3 rings (SSSR count). The highest BCUT2D eigenvalue weighted by molar-refractivity contribution is 5.95. The Labute approximate surface area is 171 Å². The fraction of sp³-hybridized carbons (Fsp3) is 0.588. The van der Waals surface area contributed by atoms with E-state index in [4.69, 9.17) is 24.2 Å². The molecule has 0 aliphatic carbocycles. The summed E-state index contributed by atoms with van der Waals surface area (Å²) in [4.78, 5) is 23.8. The van der Waals surface area contributed by atoms with Crippen LogP contribution in [-0.4, -0.2) is 80.8 Å². The minimum absolute atomic E-state index is 0.0826. The third-order valence-electron chi connectivity index (χ3n) is 4.29. The molecular weight excluding hydrogens is 400 g/mol. The highest BCUT2D eigenvalue weighted by atomic mass is 16.7. The molecule has 2 aromatic heterocycles. The van der Waals surface area contributed by atoms with E-state index in [1.807, 2.05) is 6.07 Å². The van der Waals surface area contributed by atoms with Gasteiger partial charge in [0.25, 0.3) is 0 Å². The molecule has 4 atom stereocenters. The van der Waals surface area contributed by atoms with Crippen molar-refractivity contribution in [2.24, 2.45) is 0 Å². The van der Waals surface area contributed by atoms with Crippen LogP contribution in [0, 0.1) is 11.3 Å². The van der Waals surface area contributed by atoms with Crippen molar-refractivity contribution in [2.45, 2.75) is 37.9 Å². The molecule has 0 saturated carbocycles. The van der Waals surface area contributed by atoms with Crippen LogP contribution < -0.4 is 5.32 Å². The highest BCUT2D eigenvalue weighted by Crippen LogP contribution is 2.34. The van der Waals surface area contributed by atoms with Crippen LogP contribution in [0.25, 0.3) is 11.2 Å². The molecule has 0 bridgehead atoms. The number of fused-ring (bicyclic) bond motifs is 1. The van der Waals surface area contributed by atoms with E-state index in [1.54, 1.807) is 0 Å². The van der Waals surface area contributed by atoms with E-state index in [9.17, 15) is 15.0 Å². The third kappa shape index (κ3) is 4.87. The van der Waals surface area contributed by atoms with Crippen molar-refractivity contribution in [3.05, 3.63) is 12.7 Å². The summed E-state index contributed by atoms with van der Waals surface area (Å²) >= 11 is 0. The normalized spacial score (nSPS) is 23.5. The molecule has 0 aromatic carbocycles. The zero-order valence-electron chi connectivity index (χ0n) is 16.2. The van der Waals surface area contributed by atoms with Crippen LogP contribution in [0.1, 0.15) is 19.6 Å². The van der Waals surface area contributed by atoms with Gasteiger partial charge in [0.15, 0.2) is 23.2 Å². The summed E-state index contributed by atoms with van der Waals surface area (Å²) in [7, 11) is 0. The van der Waals surface area contributed by atoms with Crippen molar-refractivity contribution >= 4 is 22.9 Å². The number of anilines is 1. The second kappa shape index (κ2) is 10.3. The summed E-state index contributed by atoms with van der Waals surface area (Å²) in [5.41, 5.74) is 0.679. The summed E-state index contributed by atoms with van der Waals surface area (Å²) < 4.78 is 23.2. The number of hydrogen-bond acceptors (Lipinski definition) is 11. The number of amides is 1. The number of carbonyl (C=O) groups is 1. The quantitative estimate of drug-likeness (QED) is 0.326. The van der Waals surface area contributed by atoms with Gasteiger partial charge < -0.3 is 34.5 Å². The molecule has 0 unspecified atom stereocenters. The van der Waals surface area contributed by atoms with Crippen LogP contribution in [-0.2, 0) is 23.7 Å². The van der Waals surface area contributed by atoms with Crippen molar-refractivity contribution in [3.8, 4) is 6.07 Å². The summed E-state index contributed by atoms with van der Waals surface area (Å²) in [6.07, 6.45) is -0.876. The second-order valence-corrected chi connectivity index (χ2v) is 6.35. The van der Waals surface area contributed by atoms with Gasteiger partial charge in [-0.3, -0.25) is 9.36 Å². The van der Waals surface area contributed by atoms with Gasteiger partial charge in [0.2, 0.25) is 5.91 Å². The lowest BCUT2D eigenvalue weighted by Gasteiger charge is -2.22. The van der Waals surface area contributed by atoms with Crippen molar-refractivity contribution in [1.29, 1.82) is 5.26 Å². The van der Waals surface area contributed by atoms with Crippen LogP contribution in [0.2, 0.25) is 0 Å². The van der Waals surface area contributed by atoms with Gasteiger partial charge in [-0.1, -0.05) is 0 Å². The number of nitrogens with zero attached hydrogens (tertiary/aromatic N) is 5. The lowest BCUT2D eigenvalue weighted by molar-refractivity contribution is -0.174. The molecular formula is C17H22N6O7. The first kappa shape index (κ1) is 22.0. The first-order chi connectivity index (χ1) is 14.6. The summed E-state index contributed by atoms with van der Waals surface area (Å²) in [5.74, 6) is -0.0772. The predicted molar refractivity (Wildman–Crippen MR) is 98.5 cm³/mol. The van der Waals surface area contributed by atoms with Gasteiger partial charge in [-0.25, -0.2) is 15.0 Å². The monoisotopic (exact) mass is 422 g/mol. The zero-order chi connectivity index (χ0) is 21.5. The molecule has 0 radical (unpaired) electrons. The fourth-order valence-corrected chi connectivity index (χ4v) is 2.97. The maximum atomic E-state index is 11.4. The number of aromatic nitrogens is 4. The number of carbonyl (C=O) groups excluding carboxylic acids is 1. The molecule has 13 nitrogen and oxygen atoms in total. The number of hydrogen-bond donors (Lipinski definition) is 3. The Balaban J connectivity index is 1.74. The van der Waals surface area contributed by atoms with Crippen molar-refractivity contribution in [1.82, 2.24) is 19.5 Å². The number of aliphatic hydroxyl groups is 2. The minimum atomic E-state index is -1.14. The Morgan fingerprint density at radius 3 is 2.93 bits per heavy atom.